The fourth-order valence-corrected chi connectivity index (χ4v) is 1.70. The van der Waals surface area contributed by atoms with Gasteiger partial charge in [-0.05, 0) is 43.5 Å². The summed E-state index contributed by atoms with van der Waals surface area (Å²) in [7, 11) is 0. The highest BCUT2D eigenvalue weighted by atomic mass is 35.5. The molecule has 1 amide bonds. The van der Waals surface area contributed by atoms with E-state index in [-0.39, 0.29) is 24.1 Å². The molecule has 0 aliphatic heterocycles. The van der Waals surface area contributed by atoms with Crippen molar-refractivity contribution < 1.29 is 9.90 Å². The third kappa shape index (κ3) is 8.46. The molecule has 0 aliphatic rings. The number of carbonyl (C=O) groups excluding carboxylic acids is 1. The average molecular weight is 287 g/mol. The lowest BCUT2D eigenvalue weighted by Crippen LogP contribution is -2.25. The van der Waals surface area contributed by atoms with Gasteiger partial charge < -0.3 is 16.2 Å². The maximum atomic E-state index is 11.5. The predicted octanol–water partition coefficient (Wildman–Crippen LogP) is 1.99. The zero-order valence-corrected chi connectivity index (χ0v) is 11.9. The van der Waals surface area contributed by atoms with Crippen molar-refractivity contribution >= 4 is 18.3 Å². The molecule has 0 saturated heterocycles. The highest BCUT2D eigenvalue weighted by Gasteiger charge is 2.00. The molecule has 1 aromatic carbocycles. The number of unbranched alkanes of at least 4 members (excludes halogenated alkanes) is 2. The van der Waals surface area contributed by atoms with Crippen molar-refractivity contribution in [2.45, 2.75) is 32.1 Å². The van der Waals surface area contributed by atoms with Gasteiger partial charge in [0.15, 0.2) is 0 Å². The van der Waals surface area contributed by atoms with E-state index in [4.69, 9.17) is 10.8 Å². The van der Waals surface area contributed by atoms with Crippen molar-refractivity contribution in [3.8, 4) is 5.75 Å². The van der Waals surface area contributed by atoms with E-state index in [0.717, 1.165) is 31.2 Å². The molecule has 0 fully saturated rings. The quantitative estimate of drug-likeness (QED) is 0.640. The van der Waals surface area contributed by atoms with E-state index >= 15 is 0 Å². The summed E-state index contributed by atoms with van der Waals surface area (Å²) in [5.74, 6) is 0.369. The Kier molecular flexibility index (Phi) is 9.94. The number of nitrogens with one attached hydrogen (secondary N) is 1. The minimum absolute atomic E-state index is 0. The van der Waals surface area contributed by atoms with E-state index < -0.39 is 0 Å². The molecular formula is C14H23ClN2O2. The van der Waals surface area contributed by atoms with Crippen LogP contribution in [0.25, 0.3) is 0 Å². The van der Waals surface area contributed by atoms with Gasteiger partial charge in [-0.1, -0.05) is 18.6 Å². The minimum Gasteiger partial charge on any atom is -0.508 e. The lowest BCUT2D eigenvalue weighted by molar-refractivity contribution is -0.121. The normalized spacial score (nSPS) is 9.74. The van der Waals surface area contributed by atoms with E-state index in [9.17, 15) is 4.79 Å². The molecule has 0 aliphatic carbocycles. The van der Waals surface area contributed by atoms with Crippen LogP contribution in [0, 0.1) is 0 Å². The maximum absolute atomic E-state index is 11.5. The van der Waals surface area contributed by atoms with Crippen LogP contribution < -0.4 is 11.1 Å². The number of nitrogens with two attached hydrogens (primary N) is 1. The standard InChI is InChI=1S/C14H22N2O2.ClH/c15-10-3-1-2-4-14(18)16-11-9-12-5-7-13(17)8-6-12;/h5-8,17H,1-4,9-11,15H2,(H,16,18);1H. The fourth-order valence-electron chi connectivity index (χ4n) is 1.70. The monoisotopic (exact) mass is 286 g/mol. The molecule has 0 saturated carbocycles. The summed E-state index contributed by atoms with van der Waals surface area (Å²) in [5, 5.41) is 12.0. The molecule has 1 rings (SSSR count). The van der Waals surface area contributed by atoms with Crippen LogP contribution in [0.3, 0.4) is 0 Å². The van der Waals surface area contributed by atoms with Crippen LogP contribution in [0.15, 0.2) is 24.3 Å². The molecule has 0 aromatic heterocycles. The van der Waals surface area contributed by atoms with Crippen LogP contribution in [0.4, 0.5) is 0 Å². The molecule has 0 heterocycles. The second-order valence-electron chi connectivity index (χ2n) is 4.37. The van der Waals surface area contributed by atoms with Crippen LogP contribution >= 0.6 is 12.4 Å². The van der Waals surface area contributed by atoms with Crippen LogP contribution in [-0.2, 0) is 11.2 Å². The summed E-state index contributed by atoms with van der Waals surface area (Å²) in [6.45, 7) is 1.34. The molecule has 19 heavy (non-hydrogen) atoms. The Hall–Kier alpha value is -1.26. The summed E-state index contributed by atoms with van der Waals surface area (Å²) in [4.78, 5) is 11.5. The third-order valence-electron chi connectivity index (χ3n) is 2.78. The minimum atomic E-state index is 0. The van der Waals surface area contributed by atoms with E-state index in [1.807, 2.05) is 12.1 Å². The zero-order chi connectivity index (χ0) is 13.2. The van der Waals surface area contributed by atoms with Crippen molar-refractivity contribution in [1.82, 2.24) is 5.32 Å². The molecule has 0 bridgehead atoms. The number of amides is 1. The second-order valence-corrected chi connectivity index (χ2v) is 4.37. The number of rotatable bonds is 8. The van der Waals surface area contributed by atoms with Gasteiger partial charge in [0, 0.05) is 13.0 Å². The first-order valence-corrected chi connectivity index (χ1v) is 6.47. The van der Waals surface area contributed by atoms with E-state index in [1.54, 1.807) is 12.1 Å². The van der Waals surface area contributed by atoms with Crippen LogP contribution in [0.1, 0.15) is 31.2 Å². The fraction of sp³-hybridized carbons (Fsp3) is 0.500. The van der Waals surface area contributed by atoms with Gasteiger partial charge in [-0.2, -0.15) is 0 Å². The summed E-state index contributed by atoms with van der Waals surface area (Å²) >= 11 is 0. The van der Waals surface area contributed by atoms with Crippen molar-refractivity contribution in [3.63, 3.8) is 0 Å². The summed E-state index contributed by atoms with van der Waals surface area (Å²) < 4.78 is 0. The molecule has 108 valence electrons. The maximum Gasteiger partial charge on any atom is 0.220 e. The summed E-state index contributed by atoms with van der Waals surface area (Å²) in [6.07, 6.45) is 4.27. The van der Waals surface area contributed by atoms with Crippen LogP contribution in [0.2, 0.25) is 0 Å². The van der Waals surface area contributed by atoms with Crippen molar-refractivity contribution in [3.05, 3.63) is 29.8 Å². The molecule has 0 radical (unpaired) electrons. The molecule has 0 unspecified atom stereocenters. The number of benzene rings is 1. The SMILES string of the molecule is Cl.NCCCCCC(=O)NCCc1ccc(O)cc1. The topological polar surface area (TPSA) is 75.4 Å². The average Bonchev–Trinajstić information content (AvgIpc) is 2.37. The van der Waals surface area contributed by atoms with Gasteiger partial charge in [-0.3, -0.25) is 4.79 Å². The number of hydrogen-bond donors (Lipinski definition) is 3. The van der Waals surface area contributed by atoms with Crippen molar-refractivity contribution in [2.24, 2.45) is 5.73 Å². The van der Waals surface area contributed by atoms with E-state index in [1.165, 1.54) is 0 Å². The number of phenolic OH excluding ortho intramolecular Hbond substituents is 1. The van der Waals surface area contributed by atoms with Gasteiger partial charge in [-0.25, -0.2) is 0 Å². The number of aromatic hydroxyl groups is 1. The van der Waals surface area contributed by atoms with Crippen molar-refractivity contribution in [2.75, 3.05) is 13.1 Å². The van der Waals surface area contributed by atoms with Gasteiger partial charge in [0.2, 0.25) is 5.91 Å². The predicted molar refractivity (Wildman–Crippen MR) is 79.6 cm³/mol. The van der Waals surface area contributed by atoms with Crippen LogP contribution in [0.5, 0.6) is 5.75 Å². The molecule has 1 aromatic rings. The molecule has 4 nitrogen and oxygen atoms in total. The molecule has 5 heteroatoms. The Morgan fingerprint density at radius 2 is 1.84 bits per heavy atom. The lowest BCUT2D eigenvalue weighted by atomic mass is 10.1. The highest BCUT2D eigenvalue weighted by molar-refractivity contribution is 5.85. The van der Waals surface area contributed by atoms with Gasteiger partial charge in [-0.15, -0.1) is 12.4 Å². The highest BCUT2D eigenvalue weighted by Crippen LogP contribution is 2.09. The Bertz CT molecular complexity index is 355. The largest absolute Gasteiger partial charge is 0.508 e. The Morgan fingerprint density at radius 3 is 2.47 bits per heavy atom. The summed E-state index contributed by atoms with van der Waals surface area (Å²) in [6, 6.07) is 7.04. The van der Waals surface area contributed by atoms with Crippen LogP contribution in [-0.4, -0.2) is 24.1 Å². The van der Waals surface area contributed by atoms with Gasteiger partial charge in [0.25, 0.3) is 0 Å². The first-order valence-electron chi connectivity index (χ1n) is 6.47. The van der Waals surface area contributed by atoms with E-state index in [2.05, 4.69) is 5.32 Å². The number of hydrogen-bond acceptors (Lipinski definition) is 3. The van der Waals surface area contributed by atoms with E-state index in [0.29, 0.717) is 19.5 Å². The Morgan fingerprint density at radius 1 is 1.16 bits per heavy atom. The number of carbonyl (C=O) groups is 1. The molecule has 0 spiro atoms. The zero-order valence-electron chi connectivity index (χ0n) is 11.1. The lowest BCUT2D eigenvalue weighted by Gasteiger charge is -2.05. The third-order valence-corrected chi connectivity index (χ3v) is 2.78. The van der Waals surface area contributed by atoms with Gasteiger partial charge >= 0.3 is 0 Å². The first-order chi connectivity index (χ1) is 8.72. The first kappa shape index (κ1) is 17.7. The Balaban J connectivity index is 0.00000324. The van der Waals surface area contributed by atoms with Gasteiger partial charge in [0.1, 0.15) is 5.75 Å². The van der Waals surface area contributed by atoms with Crippen molar-refractivity contribution in [1.29, 1.82) is 0 Å². The molecular weight excluding hydrogens is 264 g/mol. The smallest absolute Gasteiger partial charge is 0.220 e. The summed E-state index contributed by atoms with van der Waals surface area (Å²) in [5.41, 5.74) is 6.49. The molecule has 4 N–H and O–H groups in total. The molecule has 0 atom stereocenters. The number of halogens is 1. The van der Waals surface area contributed by atoms with Gasteiger partial charge in [0.05, 0.1) is 0 Å². The number of phenols is 1. The Labute approximate surface area is 120 Å². The second kappa shape index (κ2) is 10.6.